The molecule has 1 aromatic carbocycles. The highest BCUT2D eigenvalue weighted by Gasteiger charge is 2.13. The average Bonchev–Trinajstić information content (AvgIpc) is 2.35. The number of benzene rings is 1. The van der Waals surface area contributed by atoms with Crippen LogP contribution in [0, 0.1) is 5.82 Å². The smallest absolute Gasteiger partial charge is 0.127 e. The second-order valence-corrected chi connectivity index (χ2v) is 5.16. The van der Waals surface area contributed by atoms with E-state index < -0.39 is 0 Å². The summed E-state index contributed by atoms with van der Waals surface area (Å²) in [6.07, 6.45) is 3.94. The largest absolute Gasteiger partial charge is 0.265 e. The number of hydrogen-bond donors (Lipinski definition) is 0. The van der Waals surface area contributed by atoms with Gasteiger partial charge in [-0.2, -0.15) is 0 Å². The number of alkyl halides is 1. The Morgan fingerprint density at radius 3 is 2.59 bits per heavy atom. The van der Waals surface area contributed by atoms with Crippen molar-refractivity contribution in [2.45, 2.75) is 11.2 Å². The van der Waals surface area contributed by atoms with Crippen molar-refractivity contribution in [2.75, 3.05) is 0 Å². The highest BCUT2D eigenvalue weighted by atomic mass is 79.9. The van der Waals surface area contributed by atoms with Crippen LogP contribution >= 0.6 is 27.5 Å². The lowest BCUT2D eigenvalue weighted by Crippen LogP contribution is -1.99. The molecule has 0 amide bonds. The van der Waals surface area contributed by atoms with Crippen molar-refractivity contribution in [3.8, 4) is 0 Å². The molecule has 0 spiro atoms. The number of aromatic nitrogens is 1. The second kappa shape index (κ2) is 5.61. The monoisotopic (exact) mass is 313 g/mol. The second-order valence-electron chi connectivity index (χ2n) is 3.65. The van der Waals surface area contributed by atoms with Gasteiger partial charge in [0.25, 0.3) is 0 Å². The summed E-state index contributed by atoms with van der Waals surface area (Å²) in [7, 11) is 0. The Morgan fingerprint density at radius 2 is 1.94 bits per heavy atom. The summed E-state index contributed by atoms with van der Waals surface area (Å²) in [6.45, 7) is 0. The number of rotatable bonds is 3. The first-order valence-electron chi connectivity index (χ1n) is 5.15. The van der Waals surface area contributed by atoms with Gasteiger partial charge in [-0.25, -0.2) is 4.39 Å². The van der Waals surface area contributed by atoms with E-state index in [2.05, 4.69) is 20.9 Å². The predicted octanol–water partition coefficient (Wildman–Crippen LogP) is 4.55. The van der Waals surface area contributed by atoms with Gasteiger partial charge >= 0.3 is 0 Å². The fraction of sp³-hybridized carbons (Fsp3) is 0.154. The van der Waals surface area contributed by atoms with E-state index in [-0.39, 0.29) is 10.6 Å². The Kier molecular flexibility index (Phi) is 4.13. The standard InChI is InChI=1S/C13H10BrClFN/c14-11(9-4-6-17-7-5-9)8-10-12(15)2-1-3-13(10)16/h1-7,11H,8H2. The summed E-state index contributed by atoms with van der Waals surface area (Å²) in [5.41, 5.74) is 1.59. The van der Waals surface area contributed by atoms with Gasteiger partial charge in [0, 0.05) is 27.8 Å². The number of halogens is 3. The van der Waals surface area contributed by atoms with E-state index in [1.807, 2.05) is 12.1 Å². The molecule has 0 N–H and O–H groups in total. The molecule has 0 saturated carbocycles. The molecule has 1 atom stereocenters. The number of hydrogen-bond acceptors (Lipinski definition) is 1. The molecule has 2 rings (SSSR count). The first-order valence-corrected chi connectivity index (χ1v) is 6.44. The summed E-state index contributed by atoms with van der Waals surface area (Å²) in [4.78, 5) is 3.98. The molecule has 88 valence electrons. The first-order chi connectivity index (χ1) is 8.18. The SMILES string of the molecule is Fc1cccc(Cl)c1CC(Br)c1ccncc1. The third kappa shape index (κ3) is 3.05. The van der Waals surface area contributed by atoms with Gasteiger partial charge in [0.05, 0.1) is 0 Å². The zero-order valence-electron chi connectivity index (χ0n) is 8.91. The van der Waals surface area contributed by atoms with Crippen LogP contribution in [0.4, 0.5) is 4.39 Å². The van der Waals surface area contributed by atoms with Gasteiger partial charge in [0.15, 0.2) is 0 Å². The van der Waals surface area contributed by atoms with Crippen LogP contribution in [0.3, 0.4) is 0 Å². The lowest BCUT2D eigenvalue weighted by atomic mass is 10.0. The predicted molar refractivity (Wildman–Crippen MR) is 71.0 cm³/mol. The van der Waals surface area contributed by atoms with E-state index in [0.717, 1.165) is 5.56 Å². The minimum absolute atomic E-state index is 0.0277. The van der Waals surface area contributed by atoms with Crippen molar-refractivity contribution < 1.29 is 4.39 Å². The molecule has 2 aromatic rings. The zero-order valence-corrected chi connectivity index (χ0v) is 11.2. The summed E-state index contributed by atoms with van der Waals surface area (Å²) in [5.74, 6) is -0.268. The molecule has 1 heterocycles. The van der Waals surface area contributed by atoms with Crippen LogP contribution in [0.5, 0.6) is 0 Å². The molecule has 0 fully saturated rings. The Balaban J connectivity index is 2.22. The lowest BCUT2D eigenvalue weighted by Gasteiger charge is -2.11. The van der Waals surface area contributed by atoms with Gasteiger partial charge in [-0.3, -0.25) is 4.98 Å². The summed E-state index contributed by atoms with van der Waals surface area (Å²) < 4.78 is 13.6. The summed E-state index contributed by atoms with van der Waals surface area (Å²) in [5, 5.41) is 0.462. The normalized spacial score (nSPS) is 12.4. The van der Waals surface area contributed by atoms with Gasteiger partial charge in [0.1, 0.15) is 5.82 Å². The van der Waals surface area contributed by atoms with E-state index in [0.29, 0.717) is 17.0 Å². The third-order valence-corrected chi connectivity index (χ3v) is 3.72. The molecule has 0 aliphatic heterocycles. The highest BCUT2D eigenvalue weighted by Crippen LogP contribution is 2.30. The maximum atomic E-state index is 13.6. The van der Waals surface area contributed by atoms with Crippen LogP contribution in [-0.2, 0) is 6.42 Å². The molecular formula is C13H10BrClFN. The quantitative estimate of drug-likeness (QED) is 0.757. The first kappa shape index (κ1) is 12.5. The molecule has 4 heteroatoms. The Bertz CT molecular complexity index is 484. The lowest BCUT2D eigenvalue weighted by molar-refractivity contribution is 0.608. The van der Waals surface area contributed by atoms with E-state index in [9.17, 15) is 4.39 Å². The average molecular weight is 315 g/mol. The molecule has 0 aliphatic rings. The number of pyridine rings is 1. The maximum Gasteiger partial charge on any atom is 0.127 e. The van der Waals surface area contributed by atoms with Gasteiger partial charge in [0.2, 0.25) is 0 Å². The zero-order chi connectivity index (χ0) is 12.3. The van der Waals surface area contributed by atoms with E-state index >= 15 is 0 Å². The molecule has 0 saturated heterocycles. The molecule has 1 unspecified atom stereocenters. The molecule has 0 bridgehead atoms. The van der Waals surface area contributed by atoms with Crippen molar-refractivity contribution in [1.82, 2.24) is 4.98 Å². The van der Waals surface area contributed by atoms with Crippen LogP contribution in [0.1, 0.15) is 16.0 Å². The van der Waals surface area contributed by atoms with Crippen LogP contribution in [0.25, 0.3) is 0 Å². The Hall–Kier alpha value is -0.930. The van der Waals surface area contributed by atoms with Crippen LogP contribution < -0.4 is 0 Å². The van der Waals surface area contributed by atoms with Crippen molar-refractivity contribution in [2.24, 2.45) is 0 Å². The highest BCUT2D eigenvalue weighted by molar-refractivity contribution is 9.09. The minimum atomic E-state index is -0.268. The van der Waals surface area contributed by atoms with Crippen LogP contribution in [0.2, 0.25) is 5.02 Å². The van der Waals surface area contributed by atoms with Crippen molar-refractivity contribution in [3.63, 3.8) is 0 Å². The van der Waals surface area contributed by atoms with Crippen molar-refractivity contribution >= 4 is 27.5 Å². The summed E-state index contributed by atoms with van der Waals surface area (Å²) in [6, 6.07) is 8.53. The van der Waals surface area contributed by atoms with Crippen molar-refractivity contribution in [1.29, 1.82) is 0 Å². The Morgan fingerprint density at radius 1 is 1.24 bits per heavy atom. The minimum Gasteiger partial charge on any atom is -0.265 e. The van der Waals surface area contributed by atoms with Crippen LogP contribution in [0.15, 0.2) is 42.7 Å². The molecule has 17 heavy (non-hydrogen) atoms. The fourth-order valence-electron chi connectivity index (χ4n) is 1.60. The van der Waals surface area contributed by atoms with Crippen LogP contribution in [-0.4, -0.2) is 4.98 Å². The van der Waals surface area contributed by atoms with E-state index in [1.54, 1.807) is 24.5 Å². The van der Waals surface area contributed by atoms with Gasteiger partial charge in [-0.05, 0) is 36.2 Å². The maximum absolute atomic E-state index is 13.6. The third-order valence-electron chi connectivity index (χ3n) is 2.51. The number of nitrogens with zero attached hydrogens (tertiary/aromatic N) is 1. The van der Waals surface area contributed by atoms with Gasteiger partial charge in [-0.15, -0.1) is 0 Å². The van der Waals surface area contributed by atoms with E-state index in [1.165, 1.54) is 6.07 Å². The fourth-order valence-corrected chi connectivity index (χ4v) is 2.47. The topological polar surface area (TPSA) is 12.9 Å². The molecule has 1 nitrogen and oxygen atoms in total. The molecule has 0 aliphatic carbocycles. The van der Waals surface area contributed by atoms with Gasteiger partial charge in [-0.1, -0.05) is 33.6 Å². The summed E-state index contributed by atoms with van der Waals surface area (Å²) >= 11 is 9.53. The van der Waals surface area contributed by atoms with Crippen molar-refractivity contribution in [3.05, 3.63) is 64.7 Å². The van der Waals surface area contributed by atoms with E-state index in [4.69, 9.17) is 11.6 Å². The molecular weight excluding hydrogens is 305 g/mol. The molecule has 1 aromatic heterocycles. The van der Waals surface area contributed by atoms with Gasteiger partial charge < -0.3 is 0 Å². The molecule has 0 radical (unpaired) electrons. The Labute approximate surface area is 113 Å².